The van der Waals surface area contributed by atoms with Crippen LogP contribution in [0.5, 0.6) is 5.75 Å². The highest BCUT2D eigenvalue weighted by atomic mass is 19.3. The van der Waals surface area contributed by atoms with Crippen LogP contribution in [0.25, 0.3) is 0 Å². The van der Waals surface area contributed by atoms with E-state index in [-0.39, 0.29) is 22.8 Å². The van der Waals surface area contributed by atoms with Crippen LogP contribution in [-0.4, -0.2) is 30.4 Å². The first-order valence-electron chi connectivity index (χ1n) is 7.94. The molecule has 6 nitrogen and oxygen atoms in total. The average molecular weight is 377 g/mol. The third-order valence-corrected chi connectivity index (χ3v) is 3.44. The van der Waals surface area contributed by atoms with Crippen LogP contribution >= 0.6 is 0 Å². The predicted octanol–water partition coefficient (Wildman–Crippen LogP) is 3.67. The molecule has 0 aliphatic heterocycles. The van der Waals surface area contributed by atoms with E-state index < -0.39 is 24.5 Å². The number of hydrogen-bond acceptors (Lipinski definition) is 5. The second-order valence-electron chi connectivity index (χ2n) is 5.58. The first kappa shape index (κ1) is 20.0. The molecule has 0 aliphatic carbocycles. The maximum atomic E-state index is 12.3. The molecule has 0 spiro atoms. The van der Waals surface area contributed by atoms with Crippen molar-refractivity contribution in [1.29, 1.82) is 0 Å². The topological polar surface area (TPSA) is 81.7 Å². The maximum absolute atomic E-state index is 12.3. The van der Waals surface area contributed by atoms with Gasteiger partial charge in [0.25, 0.3) is 0 Å². The zero-order chi connectivity index (χ0) is 20.0. The minimum absolute atomic E-state index is 0.0824. The summed E-state index contributed by atoms with van der Waals surface area (Å²) in [7, 11) is 0. The summed E-state index contributed by atoms with van der Waals surface area (Å²) in [4.78, 5) is 35.6. The number of esters is 1. The van der Waals surface area contributed by atoms with Crippen LogP contribution in [0.2, 0.25) is 0 Å². The third kappa shape index (κ3) is 5.88. The second kappa shape index (κ2) is 8.88. The molecule has 1 N–H and O–H groups in total. The van der Waals surface area contributed by atoms with Gasteiger partial charge in [0.2, 0.25) is 11.7 Å². The standard InChI is InChI=1S/C19H17F2NO5/c1-11(17(24)13-6-8-16(9-7-13)27-19(20)21)26-18(25)14-4-3-5-15(10-14)22-12(2)23/h3-11,19H,1-2H3,(H,22,23)/t11-/m0/s1. The van der Waals surface area contributed by atoms with Gasteiger partial charge >= 0.3 is 12.6 Å². The van der Waals surface area contributed by atoms with E-state index in [0.29, 0.717) is 5.69 Å². The lowest BCUT2D eigenvalue weighted by Crippen LogP contribution is -2.24. The molecule has 1 atom stereocenters. The van der Waals surface area contributed by atoms with Crippen LogP contribution in [0, 0.1) is 0 Å². The number of amides is 1. The molecule has 142 valence electrons. The smallest absolute Gasteiger partial charge is 0.387 e. The van der Waals surface area contributed by atoms with Crippen molar-refractivity contribution in [3.05, 3.63) is 59.7 Å². The van der Waals surface area contributed by atoms with Crippen LogP contribution in [0.15, 0.2) is 48.5 Å². The minimum atomic E-state index is -2.96. The molecule has 8 heteroatoms. The number of rotatable bonds is 7. The van der Waals surface area contributed by atoms with Crippen LogP contribution in [0.1, 0.15) is 34.6 Å². The van der Waals surface area contributed by atoms with Crippen LogP contribution in [0.3, 0.4) is 0 Å². The molecule has 0 aliphatic rings. The third-order valence-electron chi connectivity index (χ3n) is 3.44. The van der Waals surface area contributed by atoms with E-state index in [4.69, 9.17) is 4.74 Å². The summed E-state index contributed by atoms with van der Waals surface area (Å²) in [6.07, 6.45) is -1.09. The molecular formula is C19H17F2NO5. The SMILES string of the molecule is CC(=O)Nc1cccc(C(=O)O[C@@H](C)C(=O)c2ccc(OC(F)F)cc2)c1. The zero-order valence-corrected chi connectivity index (χ0v) is 14.6. The fraction of sp³-hybridized carbons (Fsp3) is 0.211. The average Bonchev–Trinajstić information content (AvgIpc) is 2.61. The number of nitrogens with one attached hydrogen (secondary N) is 1. The number of Topliss-reactive ketones (excluding diaryl/α,β-unsaturated/α-hetero) is 1. The molecule has 0 heterocycles. The van der Waals surface area contributed by atoms with Crippen LogP contribution in [-0.2, 0) is 9.53 Å². The van der Waals surface area contributed by atoms with Crippen molar-refractivity contribution < 1.29 is 32.6 Å². The normalized spacial score (nSPS) is 11.6. The maximum Gasteiger partial charge on any atom is 0.387 e. The summed E-state index contributed by atoms with van der Waals surface area (Å²) in [6, 6.07) is 11.2. The number of carbonyl (C=O) groups is 3. The van der Waals surface area contributed by atoms with Crippen LogP contribution in [0.4, 0.5) is 14.5 Å². The Morgan fingerprint density at radius 1 is 1.00 bits per heavy atom. The number of alkyl halides is 2. The van der Waals surface area contributed by atoms with Gasteiger partial charge in [0.05, 0.1) is 5.56 Å². The van der Waals surface area contributed by atoms with Crippen LogP contribution < -0.4 is 10.1 Å². The molecule has 0 bridgehead atoms. The van der Waals surface area contributed by atoms with Gasteiger partial charge in [0.15, 0.2) is 6.10 Å². The second-order valence-corrected chi connectivity index (χ2v) is 5.58. The number of benzene rings is 2. The van der Waals surface area contributed by atoms with Crippen molar-refractivity contribution in [1.82, 2.24) is 0 Å². The molecule has 1 amide bonds. The van der Waals surface area contributed by atoms with Gasteiger partial charge in [-0.15, -0.1) is 0 Å². The van der Waals surface area contributed by atoms with E-state index in [1.54, 1.807) is 12.1 Å². The predicted molar refractivity (Wildman–Crippen MR) is 93.0 cm³/mol. The highest BCUT2D eigenvalue weighted by Crippen LogP contribution is 2.18. The number of carbonyl (C=O) groups excluding carboxylic acids is 3. The number of halogens is 2. The molecule has 2 aromatic carbocycles. The van der Waals surface area contributed by atoms with Gasteiger partial charge in [-0.05, 0) is 49.4 Å². The van der Waals surface area contributed by atoms with Crippen molar-refractivity contribution >= 4 is 23.3 Å². The molecule has 2 rings (SSSR count). The van der Waals surface area contributed by atoms with E-state index in [0.717, 1.165) is 0 Å². The minimum Gasteiger partial charge on any atom is -0.451 e. The van der Waals surface area contributed by atoms with E-state index in [2.05, 4.69) is 10.1 Å². The number of anilines is 1. The molecule has 0 radical (unpaired) electrons. The zero-order valence-electron chi connectivity index (χ0n) is 14.6. The Hall–Kier alpha value is -3.29. The Bertz CT molecular complexity index is 836. The van der Waals surface area contributed by atoms with Crippen molar-refractivity contribution in [2.24, 2.45) is 0 Å². The lowest BCUT2D eigenvalue weighted by atomic mass is 10.1. The Morgan fingerprint density at radius 2 is 1.67 bits per heavy atom. The Labute approximate surface area is 154 Å². The molecular weight excluding hydrogens is 360 g/mol. The lowest BCUT2D eigenvalue weighted by Gasteiger charge is -2.13. The number of ketones is 1. The highest BCUT2D eigenvalue weighted by molar-refractivity contribution is 6.01. The summed E-state index contributed by atoms with van der Waals surface area (Å²) in [5.74, 6) is -1.60. The Balaban J connectivity index is 2.03. The van der Waals surface area contributed by atoms with Gasteiger partial charge in [-0.2, -0.15) is 8.78 Å². The molecule has 27 heavy (non-hydrogen) atoms. The van der Waals surface area contributed by atoms with Gasteiger partial charge in [0, 0.05) is 18.2 Å². The van der Waals surface area contributed by atoms with E-state index >= 15 is 0 Å². The molecule has 0 unspecified atom stereocenters. The summed E-state index contributed by atoms with van der Waals surface area (Å²) in [5.41, 5.74) is 0.774. The monoisotopic (exact) mass is 377 g/mol. The summed E-state index contributed by atoms with van der Waals surface area (Å²) in [5, 5.41) is 2.54. The fourth-order valence-electron chi connectivity index (χ4n) is 2.24. The van der Waals surface area contributed by atoms with Gasteiger partial charge < -0.3 is 14.8 Å². The van der Waals surface area contributed by atoms with Gasteiger partial charge in [-0.1, -0.05) is 6.07 Å². The largest absolute Gasteiger partial charge is 0.451 e. The highest BCUT2D eigenvalue weighted by Gasteiger charge is 2.21. The van der Waals surface area contributed by atoms with Crippen molar-refractivity contribution in [3.8, 4) is 5.75 Å². The number of hydrogen-bond donors (Lipinski definition) is 1. The Kier molecular flexibility index (Phi) is 6.59. The fourth-order valence-corrected chi connectivity index (χ4v) is 2.24. The summed E-state index contributed by atoms with van der Waals surface area (Å²) in [6.45, 7) is -0.218. The molecule has 0 saturated carbocycles. The number of ether oxygens (including phenoxy) is 2. The molecule has 0 aromatic heterocycles. The first-order valence-corrected chi connectivity index (χ1v) is 7.94. The first-order chi connectivity index (χ1) is 12.8. The van der Waals surface area contributed by atoms with E-state index in [9.17, 15) is 23.2 Å². The van der Waals surface area contributed by atoms with Gasteiger partial charge in [-0.25, -0.2) is 4.79 Å². The molecule has 2 aromatic rings. The van der Waals surface area contributed by atoms with E-state index in [1.807, 2.05) is 0 Å². The quantitative estimate of drug-likeness (QED) is 0.588. The summed E-state index contributed by atoms with van der Waals surface area (Å²) < 4.78 is 33.6. The van der Waals surface area contributed by atoms with Gasteiger partial charge in [0.1, 0.15) is 5.75 Å². The lowest BCUT2D eigenvalue weighted by molar-refractivity contribution is -0.114. The van der Waals surface area contributed by atoms with Crippen molar-refractivity contribution in [3.63, 3.8) is 0 Å². The Morgan fingerprint density at radius 3 is 2.26 bits per heavy atom. The van der Waals surface area contributed by atoms with Gasteiger partial charge in [-0.3, -0.25) is 9.59 Å². The van der Waals surface area contributed by atoms with Crippen molar-refractivity contribution in [2.75, 3.05) is 5.32 Å². The molecule has 0 saturated heterocycles. The van der Waals surface area contributed by atoms with E-state index in [1.165, 1.54) is 50.2 Å². The molecule has 0 fully saturated rings. The van der Waals surface area contributed by atoms with Crippen molar-refractivity contribution in [2.45, 2.75) is 26.6 Å². The summed E-state index contributed by atoms with van der Waals surface area (Å²) >= 11 is 0.